The van der Waals surface area contributed by atoms with Crippen LogP contribution >= 0.6 is 0 Å². The molecule has 0 unspecified atom stereocenters. The van der Waals surface area contributed by atoms with Gasteiger partial charge in [0.2, 0.25) is 0 Å². The van der Waals surface area contributed by atoms with Gasteiger partial charge in [0, 0.05) is 184 Å². The molecule has 18 aromatic rings. The number of aliphatic hydroxyl groups excluding tert-OH is 4. The number of allylic oxidation sites excluding steroid dienone is 8. The zero-order valence-electron chi connectivity index (χ0n) is 77.6. The normalized spacial score (nSPS) is 10.8. The average molecular weight is 2520 g/mol. The molecule has 10 aromatic carbocycles. The van der Waals surface area contributed by atoms with Gasteiger partial charge in [-0.25, -0.2) is 4.39 Å². The van der Waals surface area contributed by atoms with Crippen molar-refractivity contribution in [2.24, 2.45) is 0 Å². The smallest absolute Gasteiger partial charge is 0.155 e. The van der Waals surface area contributed by atoms with Crippen LogP contribution in [0.1, 0.15) is 94.3 Å². The molecule has 0 atom stereocenters. The molecule has 0 saturated heterocycles. The second-order valence-electron chi connectivity index (χ2n) is 31.6. The first-order valence-corrected chi connectivity index (χ1v) is 42.5. The van der Waals surface area contributed by atoms with Crippen LogP contribution in [-0.4, -0.2) is 63.5 Å². The van der Waals surface area contributed by atoms with Gasteiger partial charge in [0.25, 0.3) is 0 Å². The SMILES string of the molecule is CC(=O)C=C(C)O.CC(=O)C=C(C)O.CC(=O)C=C(C)O.CC(=O)C=C(C)O.Cc1[c-]c(-c2cc3oc(-c4ccc(F)cc4)cc3cn2)cc(C)c1.Cc1[c-]c(-c2cc3oc(-c4ccccc4)c(-c4ccccc4)c3cn2)cc(C)c1.Cc1[c-]c(-c2cc3oc(-c4ccccc4)c(C)c3cn2)cc(C)c1.[Ir].[Ir].[Ir].[Ir].[c-]1ccc(-c2ccccc2)cc1-c1cc2oc(-c3ccccc3)cc2cn1. The van der Waals surface area contributed by atoms with Crippen molar-refractivity contribution in [1.82, 2.24) is 19.9 Å². The number of pyridine rings is 4. The minimum absolute atomic E-state index is 0. The fourth-order valence-corrected chi connectivity index (χ4v) is 14.3. The molecule has 0 fully saturated rings. The van der Waals surface area contributed by atoms with Crippen molar-refractivity contribution in [3.05, 3.63) is 408 Å². The summed E-state index contributed by atoms with van der Waals surface area (Å²) in [4.78, 5) is 58.6. The van der Waals surface area contributed by atoms with E-state index in [-0.39, 0.29) is 132 Å². The molecule has 18 rings (SSSR count). The van der Waals surface area contributed by atoms with E-state index in [4.69, 9.17) is 43.1 Å². The van der Waals surface area contributed by atoms with Crippen molar-refractivity contribution in [2.75, 3.05) is 0 Å². The molecule has 136 heavy (non-hydrogen) atoms. The van der Waals surface area contributed by atoms with Gasteiger partial charge >= 0.3 is 0 Å². The largest absolute Gasteiger partial charge is 0.512 e. The summed E-state index contributed by atoms with van der Waals surface area (Å²) in [6.45, 7) is 25.9. The Labute approximate surface area is 846 Å². The van der Waals surface area contributed by atoms with Crippen LogP contribution in [0.15, 0.2) is 357 Å². The van der Waals surface area contributed by atoms with Gasteiger partial charge < -0.3 is 58.0 Å². The Balaban J connectivity index is 0.000000224. The number of ketones is 4. The predicted octanol–water partition coefficient (Wildman–Crippen LogP) is 29.6. The zero-order chi connectivity index (χ0) is 94.7. The minimum atomic E-state index is -0.260. The third kappa shape index (κ3) is 32.3. The van der Waals surface area contributed by atoms with E-state index < -0.39 is 0 Å². The predicted molar refractivity (Wildman–Crippen MR) is 527 cm³/mol. The first-order chi connectivity index (χ1) is 63.3. The molecule has 0 aliphatic heterocycles. The summed E-state index contributed by atoms with van der Waals surface area (Å²) < 4.78 is 37.6. The molecule has 0 aliphatic rings. The van der Waals surface area contributed by atoms with Crippen molar-refractivity contribution in [1.29, 1.82) is 0 Å². The summed E-state index contributed by atoms with van der Waals surface area (Å²) >= 11 is 0. The fraction of sp³-hybridized carbons (Fsp3) is 0.130. The van der Waals surface area contributed by atoms with E-state index in [1.165, 1.54) is 114 Å². The molecule has 8 aromatic heterocycles. The number of furan rings is 4. The Morgan fingerprint density at radius 3 is 0.993 bits per heavy atom. The monoisotopic (exact) mass is 2520 g/mol. The number of halogens is 1. The van der Waals surface area contributed by atoms with Crippen LogP contribution < -0.4 is 0 Å². The molecular weight excluding hydrogens is 2420 g/mol. The van der Waals surface area contributed by atoms with E-state index in [9.17, 15) is 23.6 Å². The summed E-state index contributed by atoms with van der Waals surface area (Å²) in [6.07, 6.45) is 12.2. The van der Waals surface area contributed by atoms with Gasteiger partial charge in [-0.05, 0) is 157 Å². The Morgan fingerprint density at radius 1 is 0.309 bits per heavy atom. The van der Waals surface area contributed by atoms with Crippen molar-refractivity contribution in [3.8, 4) is 113 Å². The van der Waals surface area contributed by atoms with Crippen molar-refractivity contribution < 1.29 is 142 Å². The van der Waals surface area contributed by atoms with Crippen LogP contribution in [-0.2, 0) is 99.6 Å². The Kier molecular flexibility index (Phi) is 42.5. The van der Waals surface area contributed by atoms with E-state index in [1.54, 1.807) is 18.3 Å². The summed E-state index contributed by atoms with van der Waals surface area (Å²) in [6, 6.07) is 102. The van der Waals surface area contributed by atoms with Gasteiger partial charge in [0.15, 0.2) is 23.1 Å². The van der Waals surface area contributed by atoms with Gasteiger partial charge in [-0.3, -0.25) is 19.2 Å². The molecule has 4 N–H and O–H groups in total. The maximum Gasteiger partial charge on any atom is 0.155 e. The fourth-order valence-electron chi connectivity index (χ4n) is 14.3. The molecule has 0 aliphatic carbocycles. The van der Waals surface area contributed by atoms with Crippen LogP contribution in [0.3, 0.4) is 0 Å². The Hall–Kier alpha value is -13.7. The van der Waals surface area contributed by atoms with Gasteiger partial charge in [-0.2, -0.15) is 0 Å². The van der Waals surface area contributed by atoms with Crippen molar-refractivity contribution in [3.63, 3.8) is 0 Å². The first-order valence-electron chi connectivity index (χ1n) is 42.5. The quantitative estimate of drug-likeness (QED) is 0.0448. The number of carbonyl (C=O) groups excluding carboxylic acids is 4. The number of benzene rings is 10. The number of rotatable bonds is 14. The zero-order valence-corrected chi connectivity index (χ0v) is 87.2. The number of hydrogen-bond acceptors (Lipinski definition) is 16. The molecule has 0 spiro atoms. The van der Waals surface area contributed by atoms with Crippen LogP contribution in [0.25, 0.3) is 156 Å². The number of aromatic nitrogens is 4. The van der Waals surface area contributed by atoms with Gasteiger partial charge in [0.1, 0.15) is 51.2 Å². The summed E-state index contributed by atoms with van der Waals surface area (Å²) in [7, 11) is 0. The maximum absolute atomic E-state index is 13.1. The van der Waals surface area contributed by atoms with E-state index in [0.717, 1.165) is 167 Å². The molecule has 0 saturated carbocycles. The minimum Gasteiger partial charge on any atom is -0.512 e. The van der Waals surface area contributed by atoms with Gasteiger partial charge in [0.05, 0.1) is 23.0 Å². The Bertz CT molecular complexity index is 7020. The molecule has 4 radical (unpaired) electrons. The summed E-state index contributed by atoms with van der Waals surface area (Å²) in [5.41, 5.74) is 27.2. The molecular formula is C115H101FIr4N4O12-4. The average Bonchev–Trinajstić information content (AvgIpc) is 1.60. The number of aliphatic hydroxyl groups is 4. The third-order valence-electron chi connectivity index (χ3n) is 19.6. The van der Waals surface area contributed by atoms with Crippen molar-refractivity contribution >= 4 is 67.0 Å². The van der Waals surface area contributed by atoms with Gasteiger partial charge in [-0.15, -0.1) is 140 Å². The number of nitrogens with zero attached hydrogens (tertiary/aromatic N) is 4. The van der Waals surface area contributed by atoms with Crippen LogP contribution in [0.4, 0.5) is 4.39 Å². The standard InChI is InChI=1S/C27H20NO.C25H16NO.C22H18NO.C21H15FNO.4C5H8O2.4Ir/c1-18-13-19(2)15-22(14-18)24-16-25-23(17-28-24)26(20-9-5-3-6-10-20)27(29-25)21-11-7-4-8-12-21;1-3-8-18(9-4-1)20-12-7-13-21(14-20)23-16-25-22(17-26-23)15-24(27-25)19-10-5-2-6-11-19;1-14-9-15(2)11-18(10-14)20-12-21-19(13-23-20)16(3)22(24-21)17-7-5-4-6-8-17;1-13-7-14(2)9-16(8-13)19-11-21-17(12-23-19)10-20(24-21)15-3-5-18(22)6-4-15;4*1-4(6)3-5(2)7;;;;/h3-14,16-17H,1-2H3;1-12,14-17H;4-10,12-13H,1-3H3;3-8,10-12H,1-2H3;4*3,6H,1-2H3;;;;/q4*-1;;;;;;;;. The van der Waals surface area contributed by atoms with E-state index in [2.05, 4.69) is 190 Å². The molecule has 0 amide bonds. The van der Waals surface area contributed by atoms with Crippen LogP contribution in [0.2, 0.25) is 0 Å². The van der Waals surface area contributed by atoms with Crippen molar-refractivity contribution in [2.45, 2.75) is 104 Å². The number of fused-ring (bicyclic) bond motifs is 4. The molecule has 21 heteroatoms. The van der Waals surface area contributed by atoms with E-state index in [1.807, 2.05) is 159 Å². The maximum atomic E-state index is 13.1. The summed E-state index contributed by atoms with van der Waals surface area (Å²) in [5, 5.41) is 37.4. The first kappa shape index (κ1) is 109. The molecule has 8 heterocycles. The number of aryl methyl sites for hydroxylation is 7. The molecule has 16 nitrogen and oxygen atoms in total. The number of hydrogen-bond donors (Lipinski definition) is 4. The Morgan fingerprint density at radius 2 is 0.625 bits per heavy atom. The topological polar surface area (TPSA) is 253 Å². The van der Waals surface area contributed by atoms with Gasteiger partial charge in [-0.1, -0.05) is 193 Å². The second kappa shape index (κ2) is 52.8. The van der Waals surface area contributed by atoms with Crippen LogP contribution in [0, 0.1) is 78.5 Å². The second-order valence-corrected chi connectivity index (χ2v) is 31.6. The molecule has 0 bridgehead atoms. The van der Waals surface area contributed by atoms with Crippen LogP contribution in [0.5, 0.6) is 0 Å². The third-order valence-corrected chi connectivity index (χ3v) is 19.6. The van der Waals surface area contributed by atoms with E-state index in [0.29, 0.717) is 5.76 Å². The number of carbonyl (C=O) groups is 4. The summed E-state index contributed by atoms with van der Waals surface area (Å²) in [5.74, 6) is 2.83. The van der Waals surface area contributed by atoms with E-state index >= 15 is 0 Å². The molecule has 700 valence electrons.